The quantitative estimate of drug-likeness (QED) is 0.887. The first-order valence-corrected chi connectivity index (χ1v) is 7.64. The van der Waals surface area contributed by atoms with Gasteiger partial charge in [-0.2, -0.15) is 4.98 Å². The van der Waals surface area contributed by atoms with Gasteiger partial charge in [-0.1, -0.05) is 25.9 Å². The zero-order valence-electron chi connectivity index (χ0n) is 13.8. The van der Waals surface area contributed by atoms with E-state index in [1.165, 1.54) is 0 Å². The lowest BCUT2D eigenvalue weighted by Gasteiger charge is -2.37. The van der Waals surface area contributed by atoms with Crippen LogP contribution in [0.1, 0.15) is 32.5 Å². The molecule has 1 aliphatic heterocycles. The summed E-state index contributed by atoms with van der Waals surface area (Å²) in [7, 11) is 4.28. The van der Waals surface area contributed by atoms with Crippen molar-refractivity contribution in [3.8, 4) is 0 Å². The molecule has 1 aromatic heterocycles. The molecule has 0 radical (unpaired) electrons. The van der Waals surface area contributed by atoms with Crippen molar-refractivity contribution in [1.82, 2.24) is 19.9 Å². The molecule has 0 aromatic carbocycles. The SMILES string of the molecule is CN1CCN(C)C(Cc2noc(CC(O)C(C)(C)C)n2)C1. The molecule has 120 valence electrons. The maximum Gasteiger partial charge on any atom is 0.229 e. The summed E-state index contributed by atoms with van der Waals surface area (Å²) in [5.74, 6) is 1.26. The van der Waals surface area contributed by atoms with Crippen LogP contribution in [-0.4, -0.2) is 70.9 Å². The maximum absolute atomic E-state index is 10.1. The van der Waals surface area contributed by atoms with Gasteiger partial charge < -0.3 is 19.4 Å². The van der Waals surface area contributed by atoms with Crippen LogP contribution in [-0.2, 0) is 12.8 Å². The van der Waals surface area contributed by atoms with Gasteiger partial charge in [0, 0.05) is 32.1 Å². The fourth-order valence-corrected chi connectivity index (χ4v) is 2.46. The molecule has 21 heavy (non-hydrogen) atoms. The van der Waals surface area contributed by atoms with Crippen molar-refractivity contribution in [3.63, 3.8) is 0 Å². The van der Waals surface area contributed by atoms with Gasteiger partial charge in [-0.3, -0.25) is 0 Å². The van der Waals surface area contributed by atoms with Gasteiger partial charge in [-0.25, -0.2) is 0 Å². The van der Waals surface area contributed by atoms with Gasteiger partial charge in [0.15, 0.2) is 5.82 Å². The van der Waals surface area contributed by atoms with Crippen LogP contribution in [0.15, 0.2) is 4.52 Å². The van der Waals surface area contributed by atoms with E-state index in [2.05, 4.69) is 34.0 Å². The summed E-state index contributed by atoms with van der Waals surface area (Å²) in [6.45, 7) is 9.19. The predicted molar refractivity (Wildman–Crippen MR) is 81.1 cm³/mol. The number of likely N-dealkylation sites (N-methyl/N-ethyl adjacent to an activating group) is 2. The summed E-state index contributed by atoms with van der Waals surface area (Å²) in [5, 5.41) is 14.2. The van der Waals surface area contributed by atoms with Gasteiger partial charge in [0.1, 0.15) is 0 Å². The molecule has 2 unspecified atom stereocenters. The lowest BCUT2D eigenvalue weighted by Crippen LogP contribution is -2.50. The molecular weight excluding hydrogens is 268 g/mol. The van der Waals surface area contributed by atoms with Gasteiger partial charge in [0.2, 0.25) is 5.89 Å². The minimum atomic E-state index is -0.478. The molecule has 1 aromatic rings. The Balaban J connectivity index is 1.94. The Morgan fingerprint density at radius 1 is 1.33 bits per heavy atom. The summed E-state index contributed by atoms with van der Waals surface area (Å²) in [6.07, 6.45) is 0.724. The van der Waals surface area contributed by atoms with E-state index in [9.17, 15) is 5.11 Å². The van der Waals surface area contributed by atoms with Gasteiger partial charge in [-0.05, 0) is 19.5 Å². The van der Waals surface area contributed by atoms with Crippen LogP contribution in [0.25, 0.3) is 0 Å². The minimum Gasteiger partial charge on any atom is -0.392 e. The molecule has 0 bridgehead atoms. The van der Waals surface area contributed by atoms with E-state index < -0.39 is 6.10 Å². The first-order chi connectivity index (χ1) is 9.75. The summed E-state index contributed by atoms with van der Waals surface area (Å²) in [6, 6.07) is 0.418. The second-order valence-corrected chi connectivity index (χ2v) is 7.29. The van der Waals surface area contributed by atoms with Crippen LogP contribution in [0.5, 0.6) is 0 Å². The van der Waals surface area contributed by atoms with Crippen molar-refractivity contribution >= 4 is 0 Å². The highest BCUT2D eigenvalue weighted by atomic mass is 16.5. The Morgan fingerprint density at radius 2 is 2.05 bits per heavy atom. The monoisotopic (exact) mass is 296 g/mol. The molecule has 2 heterocycles. The van der Waals surface area contributed by atoms with Crippen LogP contribution in [0.3, 0.4) is 0 Å². The Hall–Kier alpha value is -0.980. The minimum absolute atomic E-state index is 0.180. The smallest absolute Gasteiger partial charge is 0.229 e. The van der Waals surface area contributed by atoms with E-state index in [1.807, 2.05) is 20.8 Å². The first-order valence-electron chi connectivity index (χ1n) is 7.64. The summed E-state index contributed by atoms with van der Waals surface area (Å²) >= 11 is 0. The van der Waals surface area contributed by atoms with E-state index in [0.29, 0.717) is 18.4 Å². The Labute approximate surface area is 127 Å². The van der Waals surface area contributed by atoms with Crippen LogP contribution >= 0.6 is 0 Å². The molecule has 0 saturated carbocycles. The highest BCUT2D eigenvalue weighted by Gasteiger charge is 2.26. The van der Waals surface area contributed by atoms with E-state index >= 15 is 0 Å². The van der Waals surface area contributed by atoms with Crippen LogP contribution in [0.2, 0.25) is 0 Å². The van der Waals surface area contributed by atoms with Gasteiger partial charge in [0.05, 0.1) is 12.5 Å². The highest BCUT2D eigenvalue weighted by molar-refractivity contribution is 4.95. The Bertz CT molecular complexity index is 455. The molecule has 6 nitrogen and oxygen atoms in total. The molecule has 1 aliphatic rings. The standard InChI is InChI=1S/C15H28N4O2/c1-15(2,3)12(20)9-14-16-13(17-21-14)8-11-10-18(4)6-7-19(11)5/h11-12,20H,6-10H2,1-5H3. The second-order valence-electron chi connectivity index (χ2n) is 7.29. The number of rotatable bonds is 4. The molecule has 0 aliphatic carbocycles. The number of nitrogens with zero attached hydrogens (tertiary/aromatic N) is 4. The fraction of sp³-hybridized carbons (Fsp3) is 0.867. The highest BCUT2D eigenvalue weighted by Crippen LogP contribution is 2.22. The van der Waals surface area contributed by atoms with E-state index in [4.69, 9.17) is 4.52 Å². The van der Waals surface area contributed by atoms with E-state index in [0.717, 1.165) is 31.9 Å². The number of hydrogen-bond donors (Lipinski definition) is 1. The molecule has 0 spiro atoms. The van der Waals surface area contributed by atoms with Crippen molar-refractivity contribution < 1.29 is 9.63 Å². The lowest BCUT2D eigenvalue weighted by atomic mass is 9.87. The number of aliphatic hydroxyl groups excluding tert-OH is 1. The zero-order valence-corrected chi connectivity index (χ0v) is 13.8. The lowest BCUT2D eigenvalue weighted by molar-refractivity contribution is 0.0565. The summed E-state index contributed by atoms with van der Waals surface area (Å²) in [4.78, 5) is 9.11. The van der Waals surface area contributed by atoms with Crippen LogP contribution < -0.4 is 0 Å². The number of aliphatic hydroxyl groups is 1. The number of piperazine rings is 1. The molecule has 6 heteroatoms. The average Bonchev–Trinajstić information content (AvgIpc) is 2.80. The summed E-state index contributed by atoms with van der Waals surface area (Å²) < 4.78 is 5.28. The average molecular weight is 296 g/mol. The van der Waals surface area contributed by atoms with Gasteiger partial charge in [-0.15, -0.1) is 0 Å². The molecular formula is C15H28N4O2. The fourth-order valence-electron chi connectivity index (χ4n) is 2.46. The maximum atomic E-state index is 10.1. The molecule has 2 rings (SSSR count). The Morgan fingerprint density at radius 3 is 2.71 bits per heavy atom. The van der Waals surface area contributed by atoms with Crippen molar-refractivity contribution in [2.24, 2.45) is 5.41 Å². The molecule has 0 amide bonds. The second kappa shape index (κ2) is 6.42. The van der Waals surface area contributed by atoms with Gasteiger partial charge >= 0.3 is 0 Å². The normalized spacial score (nSPS) is 23.4. The zero-order chi connectivity index (χ0) is 15.6. The Kier molecular flexibility index (Phi) is 5.01. The van der Waals surface area contributed by atoms with Crippen LogP contribution in [0.4, 0.5) is 0 Å². The third-order valence-corrected chi connectivity index (χ3v) is 4.28. The van der Waals surface area contributed by atoms with Crippen molar-refractivity contribution in [2.75, 3.05) is 33.7 Å². The molecule has 1 fully saturated rings. The molecule has 2 atom stereocenters. The van der Waals surface area contributed by atoms with Crippen LogP contribution in [0, 0.1) is 5.41 Å². The largest absolute Gasteiger partial charge is 0.392 e. The van der Waals surface area contributed by atoms with Gasteiger partial charge in [0.25, 0.3) is 0 Å². The van der Waals surface area contributed by atoms with E-state index in [1.54, 1.807) is 0 Å². The van der Waals surface area contributed by atoms with E-state index in [-0.39, 0.29) is 5.41 Å². The number of aromatic nitrogens is 2. The topological polar surface area (TPSA) is 65.6 Å². The molecule has 1 N–H and O–H groups in total. The third-order valence-electron chi connectivity index (χ3n) is 4.28. The first kappa shape index (κ1) is 16.4. The summed E-state index contributed by atoms with van der Waals surface area (Å²) in [5.41, 5.74) is -0.180. The van der Waals surface area contributed by atoms with Crippen molar-refractivity contribution in [1.29, 1.82) is 0 Å². The third kappa shape index (κ3) is 4.49. The van der Waals surface area contributed by atoms with Crippen molar-refractivity contribution in [3.05, 3.63) is 11.7 Å². The number of hydrogen-bond acceptors (Lipinski definition) is 6. The predicted octanol–water partition coefficient (Wildman–Crippen LogP) is 0.807. The molecule has 1 saturated heterocycles. The van der Waals surface area contributed by atoms with Crippen molar-refractivity contribution in [2.45, 2.75) is 45.8 Å².